The SMILES string of the molecule is Cc1nc(N2CCC3(CCN(Cc4ccc5c(c4C)C=C(C#N)C5)C3)C2)c2cc(CC(F)(F)F)sc2n1. The van der Waals surface area contributed by atoms with Crippen LogP contribution in [0.25, 0.3) is 16.3 Å². The highest BCUT2D eigenvalue weighted by Gasteiger charge is 2.44. The van der Waals surface area contributed by atoms with Crippen molar-refractivity contribution in [2.45, 2.75) is 52.3 Å². The third-order valence-corrected chi connectivity index (χ3v) is 9.15. The molecule has 1 aromatic carbocycles. The van der Waals surface area contributed by atoms with Crippen LogP contribution in [-0.2, 0) is 19.4 Å². The number of thiophene rings is 1. The van der Waals surface area contributed by atoms with Gasteiger partial charge in [-0.25, -0.2) is 9.97 Å². The molecular formula is C28H28F3N5S. The number of nitriles is 1. The highest BCUT2D eigenvalue weighted by molar-refractivity contribution is 7.18. The summed E-state index contributed by atoms with van der Waals surface area (Å²) in [5, 5.41) is 10.0. The summed E-state index contributed by atoms with van der Waals surface area (Å²) in [4.78, 5) is 14.8. The van der Waals surface area contributed by atoms with E-state index in [0.29, 0.717) is 10.7 Å². The fourth-order valence-electron chi connectivity index (χ4n) is 6.30. The normalized spacial score (nSPS) is 21.7. The maximum atomic E-state index is 13.0. The molecule has 1 spiro atoms. The van der Waals surface area contributed by atoms with Crippen molar-refractivity contribution < 1.29 is 13.2 Å². The van der Waals surface area contributed by atoms with Gasteiger partial charge < -0.3 is 4.90 Å². The molecule has 0 bridgehead atoms. The molecule has 4 heterocycles. The van der Waals surface area contributed by atoms with Crippen LogP contribution in [0.2, 0.25) is 0 Å². The number of hydrogen-bond acceptors (Lipinski definition) is 6. The lowest BCUT2D eigenvalue weighted by Gasteiger charge is -2.26. The zero-order valence-electron chi connectivity index (χ0n) is 21.0. The third kappa shape index (κ3) is 4.62. The van der Waals surface area contributed by atoms with Gasteiger partial charge in [0.15, 0.2) is 0 Å². The summed E-state index contributed by atoms with van der Waals surface area (Å²) in [5.41, 5.74) is 6.01. The minimum Gasteiger partial charge on any atom is -0.355 e. The molecule has 2 fully saturated rings. The first-order valence-corrected chi connectivity index (χ1v) is 13.5. The summed E-state index contributed by atoms with van der Waals surface area (Å²) >= 11 is 1.12. The van der Waals surface area contributed by atoms with Gasteiger partial charge in [0, 0.05) is 48.5 Å². The lowest BCUT2D eigenvalue weighted by molar-refractivity contribution is -0.126. The molecule has 0 amide bonds. The number of hydrogen-bond donors (Lipinski definition) is 0. The summed E-state index contributed by atoms with van der Waals surface area (Å²) in [6, 6.07) is 8.31. The predicted octanol–water partition coefficient (Wildman–Crippen LogP) is 5.98. The van der Waals surface area contributed by atoms with Crippen LogP contribution in [0.15, 0.2) is 23.8 Å². The van der Waals surface area contributed by atoms with Crippen molar-refractivity contribution in [3.63, 3.8) is 0 Å². The van der Waals surface area contributed by atoms with Gasteiger partial charge in [-0.05, 0) is 67.6 Å². The quantitative estimate of drug-likeness (QED) is 0.421. The number of anilines is 1. The molecule has 192 valence electrons. The molecule has 2 aliphatic heterocycles. The third-order valence-electron chi connectivity index (χ3n) is 8.12. The Kier molecular flexibility index (Phi) is 5.81. The fraction of sp³-hybridized carbons (Fsp3) is 0.464. The Morgan fingerprint density at radius 3 is 2.73 bits per heavy atom. The Morgan fingerprint density at radius 1 is 1.14 bits per heavy atom. The molecule has 1 aliphatic carbocycles. The first-order valence-electron chi connectivity index (χ1n) is 12.6. The van der Waals surface area contributed by atoms with Gasteiger partial charge in [-0.2, -0.15) is 18.4 Å². The fourth-order valence-corrected chi connectivity index (χ4v) is 7.40. The highest BCUT2D eigenvalue weighted by atomic mass is 32.1. The molecular weight excluding hydrogens is 495 g/mol. The number of allylic oxidation sites excluding steroid dienone is 1. The molecule has 0 saturated carbocycles. The number of nitrogens with zero attached hydrogens (tertiary/aromatic N) is 5. The molecule has 37 heavy (non-hydrogen) atoms. The summed E-state index contributed by atoms with van der Waals surface area (Å²) in [6.45, 7) is 8.58. The van der Waals surface area contributed by atoms with Gasteiger partial charge in [0.05, 0.1) is 17.9 Å². The first kappa shape index (κ1) is 24.4. The molecule has 2 saturated heterocycles. The van der Waals surface area contributed by atoms with E-state index in [-0.39, 0.29) is 10.3 Å². The number of fused-ring (bicyclic) bond motifs is 2. The molecule has 5 nitrogen and oxygen atoms in total. The predicted molar refractivity (Wildman–Crippen MR) is 140 cm³/mol. The van der Waals surface area contributed by atoms with Crippen molar-refractivity contribution >= 4 is 33.4 Å². The second-order valence-corrected chi connectivity index (χ2v) is 11.9. The molecule has 3 aromatic rings. The zero-order valence-corrected chi connectivity index (χ0v) is 21.8. The smallest absolute Gasteiger partial charge is 0.355 e. The van der Waals surface area contributed by atoms with Crippen molar-refractivity contribution in [1.82, 2.24) is 14.9 Å². The van der Waals surface area contributed by atoms with Gasteiger partial charge in [-0.1, -0.05) is 12.1 Å². The van der Waals surface area contributed by atoms with Crippen LogP contribution in [0.4, 0.5) is 19.0 Å². The average Bonchev–Trinajstić information content (AvgIpc) is 3.60. The van der Waals surface area contributed by atoms with E-state index in [2.05, 4.69) is 39.9 Å². The Morgan fingerprint density at radius 2 is 1.95 bits per heavy atom. The van der Waals surface area contributed by atoms with E-state index >= 15 is 0 Å². The van der Waals surface area contributed by atoms with Gasteiger partial charge >= 0.3 is 6.18 Å². The van der Waals surface area contributed by atoms with Crippen LogP contribution in [0.3, 0.4) is 0 Å². The van der Waals surface area contributed by atoms with Crippen molar-refractivity contribution in [1.29, 1.82) is 5.26 Å². The lowest BCUT2D eigenvalue weighted by Crippen LogP contribution is -2.31. The molecule has 1 unspecified atom stereocenters. The number of aryl methyl sites for hydroxylation is 1. The molecule has 6 rings (SSSR count). The monoisotopic (exact) mass is 523 g/mol. The standard InChI is InChI=1S/C28H28F3N5S/c1-17-21(4-3-20-9-19(13-32)10-23(17)20)14-35-7-5-27(15-35)6-8-36(16-27)25-24-11-22(12-28(29,30)31)37-26(24)34-18(2)33-25/h3-4,10-11H,5-9,12,14-16H2,1-2H3. The Balaban J connectivity index is 1.19. The first-order chi connectivity index (χ1) is 17.6. The molecule has 2 aromatic heterocycles. The molecule has 1 atom stereocenters. The number of benzene rings is 1. The van der Waals surface area contributed by atoms with Gasteiger partial charge in [-0.3, -0.25) is 4.90 Å². The van der Waals surface area contributed by atoms with Crippen molar-refractivity contribution in [2.75, 3.05) is 31.1 Å². The van der Waals surface area contributed by atoms with E-state index in [9.17, 15) is 18.4 Å². The maximum absolute atomic E-state index is 13.0. The molecule has 9 heteroatoms. The summed E-state index contributed by atoms with van der Waals surface area (Å²) in [7, 11) is 0. The van der Waals surface area contributed by atoms with E-state index in [4.69, 9.17) is 4.98 Å². The maximum Gasteiger partial charge on any atom is 0.393 e. The number of aromatic nitrogens is 2. The second kappa shape index (κ2) is 8.81. The molecule has 3 aliphatic rings. The van der Waals surface area contributed by atoms with Crippen LogP contribution in [0, 0.1) is 30.6 Å². The van der Waals surface area contributed by atoms with Gasteiger partial charge in [-0.15, -0.1) is 11.3 Å². The number of likely N-dealkylation sites (tertiary alicyclic amines) is 1. The Bertz CT molecular complexity index is 1470. The van der Waals surface area contributed by atoms with Crippen molar-refractivity contribution in [2.24, 2.45) is 5.41 Å². The van der Waals surface area contributed by atoms with E-state index < -0.39 is 12.6 Å². The molecule has 0 N–H and O–H groups in total. The van der Waals surface area contributed by atoms with Crippen LogP contribution in [0.1, 0.15) is 45.8 Å². The number of alkyl halides is 3. The molecule has 0 radical (unpaired) electrons. The van der Waals surface area contributed by atoms with Gasteiger partial charge in [0.2, 0.25) is 0 Å². The van der Waals surface area contributed by atoms with Crippen LogP contribution in [-0.4, -0.2) is 47.2 Å². The lowest BCUT2D eigenvalue weighted by atomic mass is 9.86. The van der Waals surface area contributed by atoms with E-state index in [0.717, 1.165) is 80.1 Å². The highest BCUT2D eigenvalue weighted by Crippen LogP contribution is 2.44. The van der Waals surface area contributed by atoms with E-state index in [1.165, 1.54) is 22.3 Å². The van der Waals surface area contributed by atoms with Crippen LogP contribution in [0.5, 0.6) is 0 Å². The van der Waals surface area contributed by atoms with E-state index in [1.807, 2.05) is 13.0 Å². The van der Waals surface area contributed by atoms with Gasteiger partial charge in [0.1, 0.15) is 16.5 Å². The largest absolute Gasteiger partial charge is 0.393 e. The van der Waals surface area contributed by atoms with Crippen molar-refractivity contribution in [3.05, 3.63) is 56.7 Å². The minimum absolute atomic E-state index is 0.161. The van der Waals surface area contributed by atoms with Crippen LogP contribution >= 0.6 is 11.3 Å². The van der Waals surface area contributed by atoms with E-state index in [1.54, 1.807) is 6.07 Å². The van der Waals surface area contributed by atoms with Crippen LogP contribution < -0.4 is 4.90 Å². The number of rotatable bonds is 4. The summed E-state index contributed by atoms with van der Waals surface area (Å²) in [6.07, 6.45) is -0.259. The Labute approximate surface area is 218 Å². The summed E-state index contributed by atoms with van der Waals surface area (Å²) in [5.74, 6) is 1.37. The second-order valence-electron chi connectivity index (χ2n) is 10.8. The Hall–Kier alpha value is -2.96. The average molecular weight is 524 g/mol. The summed E-state index contributed by atoms with van der Waals surface area (Å²) < 4.78 is 39.0. The van der Waals surface area contributed by atoms with Gasteiger partial charge in [0.25, 0.3) is 0 Å². The minimum atomic E-state index is -4.24. The number of halogens is 3. The van der Waals surface area contributed by atoms with Crippen molar-refractivity contribution in [3.8, 4) is 6.07 Å². The zero-order chi connectivity index (χ0) is 25.9. The topological polar surface area (TPSA) is 56.1 Å².